The van der Waals surface area contributed by atoms with Crippen molar-refractivity contribution in [3.8, 4) is 11.4 Å². The lowest BCUT2D eigenvalue weighted by atomic mass is 9.92. The first-order valence-electron chi connectivity index (χ1n) is 6.13. The van der Waals surface area contributed by atoms with Crippen LogP contribution in [0.1, 0.15) is 32.0 Å². The van der Waals surface area contributed by atoms with Gasteiger partial charge in [-0.1, -0.05) is 39.0 Å². The van der Waals surface area contributed by atoms with Gasteiger partial charge in [0.25, 0.3) is 0 Å². The molecule has 0 bridgehead atoms. The fourth-order valence-electron chi connectivity index (χ4n) is 1.75. The molecule has 0 saturated carbocycles. The number of rotatable bonds is 2. The van der Waals surface area contributed by atoms with Crippen LogP contribution in [0.3, 0.4) is 0 Å². The summed E-state index contributed by atoms with van der Waals surface area (Å²) >= 11 is 0. The van der Waals surface area contributed by atoms with Crippen LogP contribution in [-0.2, 0) is 12.0 Å². The van der Waals surface area contributed by atoms with Crippen LogP contribution in [0.15, 0.2) is 36.5 Å². The second-order valence-electron chi connectivity index (χ2n) is 5.42. The molecule has 0 aliphatic carbocycles. The highest BCUT2D eigenvalue weighted by atomic mass is 14.9. The lowest BCUT2D eigenvalue weighted by molar-refractivity contribution is 0.568. The van der Waals surface area contributed by atoms with E-state index in [2.05, 4.69) is 30.7 Å². The summed E-state index contributed by atoms with van der Waals surface area (Å²) in [5.74, 6) is 0.762. The molecule has 1 aromatic carbocycles. The van der Waals surface area contributed by atoms with Crippen molar-refractivity contribution in [2.45, 2.75) is 32.7 Å². The summed E-state index contributed by atoms with van der Waals surface area (Å²) in [4.78, 5) is 8.98. The fraction of sp³-hybridized carbons (Fsp3) is 0.333. The van der Waals surface area contributed by atoms with Gasteiger partial charge in [-0.15, -0.1) is 0 Å². The van der Waals surface area contributed by atoms with Crippen LogP contribution in [0, 0.1) is 0 Å². The van der Waals surface area contributed by atoms with Crippen molar-refractivity contribution in [3.05, 3.63) is 47.8 Å². The van der Waals surface area contributed by atoms with E-state index < -0.39 is 0 Å². The van der Waals surface area contributed by atoms with Crippen molar-refractivity contribution in [3.63, 3.8) is 0 Å². The highest BCUT2D eigenvalue weighted by Gasteiger charge is 2.16. The third kappa shape index (κ3) is 2.74. The molecule has 0 radical (unpaired) electrons. The van der Waals surface area contributed by atoms with E-state index in [0.717, 1.165) is 22.6 Å². The molecule has 0 amide bonds. The van der Waals surface area contributed by atoms with Crippen LogP contribution >= 0.6 is 0 Å². The van der Waals surface area contributed by atoms with Gasteiger partial charge in [0.15, 0.2) is 5.82 Å². The second kappa shape index (κ2) is 4.86. The second-order valence-corrected chi connectivity index (χ2v) is 5.42. The van der Waals surface area contributed by atoms with Crippen LogP contribution in [0.4, 0.5) is 0 Å². The highest BCUT2D eigenvalue weighted by Crippen LogP contribution is 2.22. The van der Waals surface area contributed by atoms with Crippen molar-refractivity contribution in [2.24, 2.45) is 5.73 Å². The van der Waals surface area contributed by atoms with E-state index in [1.54, 1.807) is 0 Å². The average molecular weight is 241 g/mol. The SMILES string of the molecule is CC(C)(C)c1ccnc(-c2cccc(CN)c2)n1. The molecule has 2 aromatic rings. The Hall–Kier alpha value is -1.74. The normalized spacial score (nSPS) is 11.6. The smallest absolute Gasteiger partial charge is 0.159 e. The summed E-state index contributed by atoms with van der Waals surface area (Å²) in [5.41, 5.74) is 8.85. The Morgan fingerprint density at radius 1 is 1.17 bits per heavy atom. The van der Waals surface area contributed by atoms with Crippen LogP contribution in [-0.4, -0.2) is 9.97 Å². The molecule has 0 atom stereocenters. The monoisotopic (exact) mass is 241 g/mol. The molecule has 2 rings (SSSR count). The molecule has 0 unspecified atom stereocenters. The first kappa shape index (κ1) is 12.7. The van der Waals surface area contributed by atoms with E-state index in [0.29, 0.717) is 6.54 Å². The van der Waals surface area contributed by atoms with Crippen LogP contribution < -0.4 is 5.73 Å². The quantitative estimate of drug-likeness (QED) is 0.879. The van der Waals surface area contributed by atoms with E-state index in [-0.39, 0.29) is 5.41 Å². The Morgan fingerprint density at radius 3 is 2.61 bits per heavy atom. The number of hydrogen-bond acceptors (Lipinski definition) is 3. The first-order valence-corrected chi connectivity index (χ1v) is 6.13. The van der Waals surface area contributed by atoms with Gasteiger partial charge in [-0.2, -0.15) is 0 Å². The van der Waals surface area contributed by atoms with Gasteiger partial charge >= 0.3 is 0 Å². The van der Waals surface area contributed by atoms with E-state index in [4.69, 9.17) is 5.73 Å². The van der Waals surface area contributed by atoms with Crippen LogP contribution in [0.25, 0.3) is 11.4 Å². The van der Waals surface area contributed by atoms with Crippen molar-refractivity contribution in [2.75, 3.05) is 0 Å². The van der Waals surface area contributed by atoms with Crippen molar-refractivity contribution < 1.29 is 0 Å². The largest absolute Gasteiger partial charge is 0.326 e. The molecule has 18 heavy (non-hydrogen) atoms. The Bertz CT molecular complexity index is 541. The van der Waals surface area contributed by atoms with Crippen molar-refractivity contribution in [1.82, 2.24) is 9.97 Å². The maximum Gasteiger partial charge on any atom is 0.159 e. The molecule has 3 heteroatoms. The van der Waals surface area contributed by atoms with E-state index in [1.165, 1.54) is 0 Å². The van der Waals surface area contributed by atoms with Gasteiger partial charge < -0.3 is 5.73 Å². The van der Waals surface area contributed by atoms with Gasteiger partial charge in [-0.25, -0.2) is 9.97 Å². The van der Waals surface area contributed by atoms with Crippen molar-refractivity contribution in [1.29, 1.82) is 0 Å². The highest BCUT2D eigenvalue weighted by molar-refractivity contribution is 5.56. The topological polar surface area (TPSA) is 51.8 Å². The van der Waals surface area contributed by atoms with Crippen molar-refractivity contribution >= 4 is 0 Å². The molecular weight excluding hydrogens is 222 g/mol. The minimum absolute atomic E-state index is 0.0309. The zero-order valence-corrected chi connectivity index (χ0v) is 11.1. The molecular formula is C15H19N3. The molecule has 0 aliphatic heterocycles. The first-order chi connectivity index (χ1) is 8.50. The van der Waals surface area contributed by atoms with E-state index >= 15 is 0 Å². The summed E-state index contributed by atoms with van der Waals surface area (Å²) < 4.78 is 0. The summed E-state index contributed by atoms with van der Waals surface area (Å²) in [5, 5.41) is 0. The molecule has 0 aliphatic rings. The summed E-state index contributed by atoms with van der Waals surface area (Å²) in [6, 6.07) is 10.0. The molecule has 2 N–H and O–H groups in total. The third-order valence-corrected chi connectivity index (χ3v) is 2.84. The Morgan fingerprint density at radius 2 is 1.94 bits per heavy atom. The molecule has 0 saturated heterocycles. The average Bonchev–Trinajstić information content (AvgIpc) is 2.38. The number of aromatic nitrogens is 2. The van der Waals surface area contributed by atoms with Gasteiger partial charge in [0.1, 0.15) is 0 Å². The Balaban J connectivity index is 2.44. The molecule has 3 nitrogen and oxygen atoms in total. The standard InChI is InChI=1S/C15H19N3/c1-15(2,3)13-7-8-17-14(18-13)12-6-4-5-11(9-12)10-16/h4-9H,10,16H2,1-3H3. The van der Waals surface area contributed by atoms with Gasteiger partial charge in [0, 0.05) is 29.4 Å². The van der Waals surface area contributed by atoms with Gasteiger partial charge in [0.05, 0.1) is 0 Å². The van der Waals surface area contributed by atoms with Gasteiger partial charge in [-0.05, 0) is 17.7 Å². The van der Waals surface area contributed by atoms with Crippen LogP contribution in [0.5, 0.6) is 0 Å². The Labute approximate surface area is 108 Å². The minimum Gasteiger partial charge on any atom is -0.326 e. The molecule has 94 valence electrons. The zero-order valence-electron chi connectivity index (χ0n) is 11.1. The van der Waals surface area contributed by atoms with Gasteiger partial charge in [0.2, 0.25) is 0 Å². The molecule has 0 spiro atoms. The predicted octanol–water partition coefficient (Wildman–Crippen LogP) is 2.90. The van der Waals surface area contributed by atoms with Gasteiger partial charge in [-0.3, -0.25) is 0 Å². The molecule has 1 aromatic heterocycles. The third-order valence-electron chi connectivity index (χ3n) is 2.84. The lowest BCUT2D eigenvalue weighted by Crippen LogP contribution is -2.14. The summed E-state index contributed by atoms with van der Waals surface area (Å²) in [6.07, 6.45) is 1.82. The maximum absolute atomic E-state index is 5.66. The summed E-state index contributed by atoms with van der Waals surface area (Å²) in [7, 11) is 0. The summed E-state index contributed by atoms with van der Waals surface area (Å²) in [6.45, 7) is 6.98. The van der Waals surface area contributed by atoms with E-state index in [1.807, 2.05) is 36.5 Å². The fourth-order valence-corrected chi connectivity index (χ4v) is 1.75. The minimum atomic E-state index is 0.0309. The molecule has 0 fully saturated rings. The Kier molecular flexibility index (Phi) is 3.43. The van der Waals surface area contributed by atoms with E-state index in [9.17, 15) is 0 Å². The molecule has 1 heterocycles. The number of hydrogen-bond donors (Lipinski definition) is 1. The number of benzene rings is 1. The maximum atomic E-state index is 5.66. The zero-order chi connectivity index (χ0) is 13.2. The predicted molar refractivity (Wildman–Crippen MR) is 74.1 cm³/mol. The van der Waals surface area contributed by atoms with Crippen LogP contribution in [0.2, 0.25) is 0 Å². The number of nitrogens with zero attached hydrogens (tertiary/aromatic N) is 2. The lowest BCUT2D eigenvalue weighted by Gasteiger charge is -2.17. The number of nitrogens with two attached hydrogens (primary N) is 1.